The van der Waals surface area contributed by atoms with Gasteiger partial charge in [-0.1, -0.05) is 43.0 Å². The van der Waals surface area contributed by atoms with Crippen LogP contribution in [0.5, 0.6) is 11.5 Å². The molecule has 162 valence electrons. The van der Waals surface area contributed by atoms with Gasteiger partial charge in [-0.05, 0) is 36.8 Å². The van der Waals surface area contributed by atoms with Gasteiger partial charge in [-0.3, -0.25) is 0 Å². The second-order valence-electron chi connectivity index (χ2n) is 6.61. The van der Waals surface area contributed by atoms with Crippen molar-refractivity contribution in [3.05, 3.63) is 95.2 Å². The van der Waals surface area contributed by atoms with E-state index in [4.69, 9.17) is 16.3 Å². The minimum Gasteiger partial charge on any atom is -0.479 e. The first-order chi connectivity index (χ1) is 14.6. The summed E-state index contributed by atoms with van der Waals surface area (Å²) >= 11 is 6.25. The van der Waals surface area contributed by atoms with Crippen LogP contribution in [-0.4, -0.2) is 12.7 Å². The van der Waals surface area contributed by atoms with Gasteiger partial charge < -0.3 is 14.8 Å². The van der Waals surface area contributed by atoms with Crippen molar-refractivity contribution in [2.45, 2.75) is 13.0 Å². The van der Waals surface area contributed by atoms with Gasteiger partial charge in [0.1, 0.15) is 11.6 Å². The van der Waals surface area contributed by atoms with Crippen molar-refractivity contribution < 1.29 is 27.0 Å². The molecule has 0 aliphatic carbocycles. The van der Waals surface area contributed by atoms with Gasteiger partial charge in [-0.2, -0.15) is 8.78 Å². The molecule has 1 N–H and O–H groups in total. The van der Waals surface area contributed by atoms with Crippen LogP contribution in [0, 0.1) is 11.6 Å². The summed E-state index contributed by atoms with van der Waals surface area (Å²) in [5, 5.41) is 2.91. The fourth-order valence-corrected chi connectivity index (χ4v) is 3.18. The zero-order chi connectivity index (χ0) is 22.8. The van der Waals surface area contributed by atoms with E-state index < -0.39 is 24.3 Å². The Balaban J connectivity index is 1.77. The largest absolute Gasteiger partial charge is 0.479 e. The van der Waals surface area contributed by atoms with Crippen molar-refractivity contribution in [1.29, 1.82) is 0 Å². The normalized spacial score (nSPS) is 15.1. The number of fused-ring (bicyclic) bond motifs is 1. The lowest BCUT2D eigenvalue weighted by molar-refractivity contribution is -0.208. The molecule has 3 nitrogen and oxygen atoms in total. The highest BCUT2D eigenvalue weighted by molar-refractivity contribution is 6.32. The van der Waals surface area contributed by atoms with E-state index >= 15 is 0 Å². The highest BCUT2D eigenvalue weighted by atomic mass is 35.5. The Morgan fingerprint density at radius 3 is 2.45 bits per heavy atom. The van der Waals surface area contributed by atoms with E-state index in [1.54, 1.807) is 25.2 Å². The van der Waals surface area contributed by atoms with Gasteiger partial charge in [0, 0.05) is 23.0 Å². The van der Waals surface area contributed by atoms with Gasteiger partial charge in [0.05, 0.1) is 10.6 Å². The maximum absolute atomic E-state index is 13.9. The fraction of sp³-hybridized carbons (Fsp3) is 0.130. The molecule has 0 saturated carbocycles. The molecule has 2 aromatic rings. The molecular weight excluding hydrogens is 434 g/mol. The number of benzene rings is 2. The average molecular weight is 452 g/mol. The topological polar surface area (TPSA) is 30.5 Å². The molecular formula is C23H18ClF4NO2. The minimum absolute atomic E-state index is 0.00516. The van der Waals surface area contributed by atoms with Gasteiger partial charge >= 0.3 is 6.11 Å². The molecule has 1 heterocycles. The van der Waals surface area contributed by atoms with Gasteiger partial charge in [0.15, 0.2) is 18.1 Å². The smallest absolute Gasteiger partial charge is 0.433 e. The lowest BCUT2D eigenvalue weighted by atomic mass is 10.0. The summed E-state index contributed by atoms with van der Waals surface area (Å²) in [5.41, 5.74) is 1.17. The molecule has 2 aromatic carbocycles. The third-order valence-corrected chi connectivity index (χ3v) is 4.66. The van der Waals surface area contributed by atoms with Crippen molar-refractivity contribution >= 4 is 22.9 Å². The zero-order valence-electron chi connectivity index (χ0n) is 16.4. The van der Waals surface area contributed by atoms with Crippen LogP contribution in [0.2, 0.25) is 5.02 Å². The van der Waals surface area contributed by atoms with E-state index in [0.29, 0.717) is 16.8 Å². The molecule has 0 radical (unpaired) electrons. The van der Waals surface area contributed by atoms with Gasteiger partial charge in [-0.25, -0.2) is 8.78 Å². The number of ether oxygens (including phenoxy) is 2. The van der Waals surface area contributed by atoms with Crippen LogP contribution >= 0.6 is 11.6 Å². The van der Waals surface area contributed by atoms with E-state index in [1.165, 1.54) is 18.2 Å². The third kappa shape index (κ3) is 5.11. The summed E-state index contributed by atoms with van der Waals surface area (Å²) in [6.45, 7) is 8.30. The van der Waals surface area contributed by atoms with Crippen molar-refractivity contribution in [2.24, 2.45) is 0 Å². The third-order valence-electron chi connectivity index (χ3n) is 4.35. The maximum atomic E-state index is 13.9. The molecule has 0 bridgehead atoms. The lowest BCUT2D eigenvalue weighted by Gasteiger charge is -2.26. The van der Waals surface area contributed by atoms with E-state index in [1.807, 2.05) is 0 Å². The minimum atomic E-state index is -3.43. The van der Waals surface area contributed by atoms with Crippen molar-refractivity contribution in [2.75, 3.05) is 6.61 Å². The van der Waals surface area contributed by atoms with Crippen LogP contribution < -0.4 is 14.8 Å². The summed E-state index contributed by atoms with van der Waals surface area (Å²) in [4.78, 5) is 0. The number of hydrogen-bond acceptors (Lipinski definition) is 3. The molecule has 1 aliphatic heterocycles. The highest BCUT2D eigenvalue weighted by Gasteiger charge is 2.38. The standard InChI is InChI=1S/C23H18ClF4NO2/c1-4-15(16-10-20-21(11-17(16)24)31-23(27,28)12-30-20)9-8-13(2)29-14(3)22-18(25)6-5-7-19(22)26/h4-11,29H,2-3,12H2,1H3/b9-8-,15-4+. The van der Waals surface area contributed by atoms with Crippen LogP contribution in [0.15, 0.2) is 67.4 Å². The summed E-state index contributed by atoms with van der Waals surface area (Å²) in [6.07, 6.45) is 1.51. The molecule has 3 rings (SSSR count). The van der Waals surface area contributed by atoms with E-state index in [0.717, 1.165) is 12.1 Å². The summed E-state index contributed by atoms with van der Waals surface area (Å²) in [6, 6.07) is 6.26. The predicted molar refractivity (Wildman–Crippen MR) is 113 cm³/mol. The first-order valence-electron chi connectivity index (χ1n) is 9.08. The second kappa shape index (κ2) is 8.89. The van der Waals surface area contributed by atoms with Crippen molar-refractivity contribution in [3.8, 4) is 11.5 Å². The van der Waals surface area contributed by atoms with E-state index in [2.05, 4.69) is 23.2 Å². The Hall–Kier alpha value is -3.19. The molecule has 8 heteroatoms. The predicted octanol–water partition coefficient (Wildman–Crippen LogP) is 6.72. The van der Waals surface area contributed by atoms with Crippen LogP contribution in [0.4, 0.5) is 17.6 Å². The highest BCUT2D eigenvalue weighted by Crippen LogP contribution is 2.42. The molecule has 0 amide bonds. The molecule has 31 heavy (non-hydrogen) atoms. The Labute approximate surface area is 181 Å². The van der Waals surface area contributed by atoms with Crippen LogP contribution in [0.3, 0.4) is 0 Å². The first-order valence-corrected chi connectivity index (χ1v) is 9.46. The van der Waals surface area contributed by atoms with E-state index in [-0.39, 0.29) is 27.8 Å². The maximum Gasteiger partial charge on any atom is 0.433 e. The summed E-state index contributed by atoms with van der Waals surface area (Å²) in [5.74, 6) is -1.52. The summed E-state index contributed by atoms with van der Waals surface area (Å²) in [7, 11) is 0. The van der Waals surface area contributed by atoms with Gasteiger partial charge in [0.2, 0.25) is 0 Å². The van der Waals surface area contributed by atoms with Crippen LogP contribution in [0.1, 0.15) is 18.1 Å². The van der Waals surface area contributed by atoms with Crippen molar-refractivity contribution in [1.82, 2.24) is 5.32 Å². The number of rotatable bonds is 6. The number of allylic oxidation sites excluding steroid dienone is 4. The number of hydrogen-bond donors (Lipinski definition) is 1. The first kappa shape index (κ1) is 22.5. The molecule has 1 aliphatic rings. The summed E-state index contributed by atoms with van der Waals surface area (Å²) < 4.78 is 64.1. The number of alkyl halides is 2. The quantitative estimate of drug-likeness (QED) is 0.391. The fourth-order valence-electron chi connectivity index (χ4n) is 2.92. The Morgan fingerprint density at radius 1 is 1.13 bits per heavy atom. The average Bonchev–Trinajstić information content (AvgIpc) is 2.68. The Bertz CT molecular complexity index is 1090. The zero-order valence-corrected chi connectivity index (χ0v) is 17.2. The van der Waals surface area contributed by atoms with Crippen LogP contribution in [-0.2, 0) is 0 Å². The van der Waals surface area contributed by atoms with Crippen LogP contribution in [0.25, 0.3) is 11.3 Å². The lowest BCUT2D eigenvalue weighted by Crippen LogP contribution is -2.35. The van der Waals surface area contributed by atoms with E-state index in [9.17, 15) is 17.6 Å². The molecule has 0 spiro atoms. The molecule has 0 unspecified atom stereocenters. The Kier molecular flexibility index (Phi) is 6.45. The molecule has 0 atom stereocenters. The van der Waals surface area contributed by atoms with Crippen molar-refractivity contribution in [3.63, 3.8) is 0 Å². The monoisotopic (exact) mass is 451 g/mol. The Morgan fingerprint density at radius 2 is 1.81 bits per heavy atom. The second-order valence-corrected chi connectivity index (χ2v) is 7.02. The molecule has 0 saturated heterocycles. The van der Waals surface area contributed by atoms with Gasteiger partial charge in [-0.15, -0.1) is 0 Å². The SMILES string of the molecule is C=C(/C=C\C(=C/C)c1cc2c(cc1Cl)OC(F)(F)CO2)NC(=C)c1c(F)cccc1F. The molecule has 0 fully saturated rings. The molecule has 0 aromatic heterocycles. The number of halogens is 5. The number of nitrogens with one attached hydrogen (secondary N) is 1. The van der Waals surface area contributed by atoms with Gasteiger partial charge in [0.25, 0.3) is 0 Å².